The van der Waals surface area contributed by atoms with Gasteiger partial charge >= 0.3 is 12.2 Å². The summed E-state index contributed by atoms with van der Waals surface area (Å²) in [4.78, 5) is 20.4. The Bertz CT molecular complexity index is 317. The lowest BCUT2D eigenvalue weighted by molar-refractivity contribution is 0.208. The maximum Gasteiger partial charge on any atom is 0.409 e. The van der Waals surface area contributed by atoms with Gasteiger partial charge in [-0.3, -0.25) is 10.6 Å². The monoisotopic (exact) mass is 232 g/mol. The Morgan fingerprint density at radius 3 is 1.33 bits per heavy atom. The standard InChI is InChI=1S/C8H8N2O4.ClH/c11-7(12)9-5-1-2-6(4-3-5)10-8(13)14;/h1-4,9-10H,(H,11,12)(H,13,14);1H. The smallest absolute Gasteiger partial charge is 0.409 e. The van der Waals surface area contributed by atoms with Crippen molar-refractivity contribution < 1.29 is 19.8 Å². The summed E-state index contributed by atoms with van der Waals surface area (Å²) in [6, 6.07) is 5.83. The molecule has 0 aliphatic heterocycles. The summed E-state index contributed by atoms with van der Waals surface area (Å²) in [5.41, 5.74) is 0.766. The molecule has 15 heavy (non-hydrogen) atoms. The third-order valence-electron chi connectivity index (χ3n) is 1.39. The van der Waals surface area contributed by atoms with E-state index < -0.39 is 12.2 Å². The van der Waals surface area contributed by atoms with Crippen molar-refractivity contribution in [2.45, 2.75) is 0 Å². The van der Waals surface area contributed by atoms with Crippen molar-refractivity contribution in [3.63, 3.8) is 0 Å². The molecule has 0 fully saturated rings. The molecule has 0 aliphatic carbocycles. The first-order valence-corrected chi connectivity index (χ1v) is 3.68. The Balaban J connectivity index is 0.00000196. The van der Waals surface area contributed by atoms with Crippen molar-refractivity contribution in [1.29, 1.82) is 0 Å². The number of carbonyl (C=O) groups is 2. The van der Waals surface area contributed by atoms with E-state index in [1.165, 1.54) is 24.3 Å². The molecule has 2 amide bonds. The van der Waals surface area contributed by atoms with Gasteiger partial charge in [-0.05, 0) is 24.3 Å². The summed E-state index contributed by atoms with van der Waals surface area (Å²) in [7, 11) is 0. The molecule has 7 heteroatoms. The maximum absolute atomic E-state index is 10.2. The van der Waals surface area contributed by atoms with Gasteiger partial charge in [0.1, 0.15) is 0 Å². The topological polar surface area (TPSA) is 98.7 Å². The van der Waals surface area contributed by atoms with Crippen molar-refractivity contribution >= 4 is 36.0 Å². The van der Waals surface area contributed by atoms with Crippen LogP contribution in [0.1, 0.15) is 0 Å². The maximum atomic E-state index is 10.2. The first kappa shape index (κ1) is 13.1. The lowest BCUT2D eigenvalue weighted by Crippen LogP contribution is -2.08. The van der Waals surface area contributed by atoms with Crippen LogP contribution in [0.5, 0.6) is 0 Å². The van der Waals surface area contributed by atoms with E-state index in [9.17, 15) is 9.59 Å². The molecule has 0 atom stereocenters. The van der Waals surface area contributed by atoms with Gasteiger partial charge in [0.05, 0.1) is 0 Å². The number of anilines is 2. The predicted octanol–water partition coefficient (Wildman–Crippen LogP) is 2.29. The highest BCUT2D eigenvalue weighted by atomic mass is 35.5. The Hall–Kier alpha value is -1.95. The zero-order valence-electron chi connectivity index (χ0n) is 7.43. The molecule has 0 aliphatic rings. The fraction of sp³-hybridized carbons (Fsp3) is 0. The highest BCUT2D eigenvalue weighted by molar-refractivity contribution is 5.86. The summed E-state index contributed by atoms with van der Waals surface area (Å²) in [6.45, 7) is 0. The Morgan fingerprint density at radius 2 is 1.13 bits per heavy atom. The molecule has 0 unspecified atom stereocenters. The van der Waals surface area contributed by atoms with E-state index in [1.54, 1.807) is 0 Å². The molecule has 1 aromatic rings. The van der Waals surface area contributed by atoms with E-state index in [2.05, 4.69) is 10.6 Å². The number of halogens is 1. The van der Waals surface area contributed by atoms with Gasteiger partial charge in [-0.15, -0.1) is 12.4 Å². The minimum atomic E-state index is -1.16. The van der Waals surface area contributed by atoms with Crippen LogP contribution in [0.3, 0.4) is 0 Å². The third kappa shape index (κ3) is 4.72. The first-order chi connectivity index (χ1) is 6.58. The lowest BCUT2D eigenvalue weighted by atomic mass is 10.3. The van der Waals surface area contributed by atoms with Crippen LogP contribution in [0.25, 0.3) is 0 Å². The molecule has 0 spiro atoms. The van der Waals surface area contributed by atoms with Crippen LogP contribution in [0.2, 0.25) is 0 Å². The number of carboxylic acid groups (broad SMARTS) is 2. The van der Waals surface area contributed by atoms with Gasteiger partial charge in [-0.25, -0.2) is 9.59 Å². The van der Waals surface area contributed by atoms with Crippen LogP contribution in [-0.2, 0) is 0 Å². The van der Waals surface area contributed by atoms with E-state index in [0.29, 0.717) is 11.4 Å². The number of hydrogen-bond donors (Lipinski definition) is 4. The van der Waals surface area contributed by atoms with Crippen LogP contribution in [0.15, 0.2) is 24.3 Å². The minimum Gasteiger partial charge on any atom is -0.465 e. The van der Waals surface area contributed by atoms with Gasteiger partial charge in [0, 0.05) is 11.4 Å². The second kappa shape index (κ2) is 5.71. The first-order valence-electron chi connectivity index (χ1n) is 3.68. The van der Waals surface area contributed by atoms with Crippen molar-refractivity contribution in [1.82, 2.24) is 0 Å². The van der Waals surface area contributed by atoms with Crippen LogP contribution >= 0.6 is 12.4 Å². The summed E-state index contributed by atoms with van der Waals surface area (Å²) in [5.74, 6) is 0. The second-order valence-corrected chi connectivity index (χ2v) is 2.44. The average Bonchev–Trinajstić information content (AvgIpc) is 2.06. The van der Waals surface area contributed by atoms with Crippen molar-refractivity contribution in [2.24, 2.45) is 0 Å². The molecule has 1 rings (SSSR count). The Labute approximate surface area is 91.3 Å². The summed E-state index contributed by atoms with van der Waals surface area (Å²) < 4.78 is 0. The van der Waals surface area contributed by atoms with Gasteiger partial charge in [0.2, 0.25) is 0 Å². The number of rotatable bonds is 2. The van der Waals surface area contributed by atoms with Crippen LogP contribution in [0, 0.1) is 0 Å². The molecule has 0 saturated heterocycles. The molecular weight excluding hydrogens is 224 g/mol. The molecule has 1 aromatic carbocycles. The molecule has 4 N–H and O–H groups in total. The number of amides is 2. The quantitative estimate of drug-likeness (QED) is 0.629. The average molecular weight is 233 g/mol. The summed E-state index contributed by atoms with van der Waals surface area (Å²) >= 11 is 0. The van der Waals surface area contributed by atoms with Crippen molar-refractivity contribution in [2.75, 3.05) is 10.6 Å². The number of hydrogen-bond acceptors (Lipinski definition) is 2. The molecule has 0 aromatic heterocycles. The van der Waals surface area contributed by atoms with Gasteiger partial charge in [0.15, 0.2) is 0 Å². The molecule has 6 nitrogen and oxygen atoms in total. The highest BCUT2D eigenvalue weighted by Gasteiger charge is 1.99. The van der Waals surface area contributed by atoms with Gasteiger partial charge in [-0.1, -0.05) is 0 Å². The van der Waals surface area contributed by atoms with Crippen LogP contribution < -0.4 is 10.6 Å². The van der Waals surface area contributed by atoms with Crippen molar-refractivity contribution in [3.8, 4) is 0 Å². The van der Waals surface area contributed by atoms with Crippen LogP contribution in [-0.4, -0.2) is 22.4 Å². The lowest BCUT2D eigenvalue weighted by Gasteiger charge is -2.02. The largest absolute Gasteiger partial charge is 0.465 e. The number of nitrogens with one attached hydrogen (secondary N) is 2. The van der Waals surface area contributed by atoms with E-state index in [1.807, 2.05) is 0 Å². The van der Waals surface area contributed by atoms with E-state index >= 15 is 0 Å². The molecule has 82 valence electrons. The van der Waals surface area contributed by atoms with Gasteiger partial charge in [-0.2, -0.15) is 0 Å². The normalized spacial score (nSPS) is 8.53. The summed E-state index contributed by atoms with van der Waals surface area (Å²) in [5, 5.41) is 21.0. The minimum absolute atomic E-state index is 0. The third-order valence-corrected chi connectivity index (χ3v) is 1.39. The molecule has 0 radical (unpaired) electrons. The Morgan fingerprint density at radius 1 is 0.867 bits per heavy atom. The van der Waals surface area contributed by atoms with E-state index in [4.69, 9.17) is 10.2 Å². The molecule has 0 bridgehead atoms. The zero-order valence-corrected chi connectivity index (χ0v) is 8.25. The van der Waals surface area contributed by atoms with Crippen LogP contribution in [0.4, 0.5) is 21.0 Å². The van der Waals surface area contributed by atoms with E-state index in [-0.39, 0.29) is 12.4 Å². The zero-order chi connectivity index (χ0) is 10.6. The van der Waals surface area contributed by atoms with E-state index in [0.717, 1.165) is 0 Å². The molecule has 0 saturated carbocycles. The number of benzene rings is 1. The summed E-state index contributed by atoms with van der Waals surface area (Å²) in [6.07, 6.45) is -2.33. The van der Waals surface area contributed by atoms with Crippen molar-refractivity contribution in [3.05, 3.63) is 24.3 Å². The van der Waals surface area contributed by atoms with Gasteiger partial charge in [0.25, 0.3) is 0 Å². The second-order valence-electron chi connectivity index (χ2n) is 2.44. The Kier molecular flexibility index (Phi) is 4.97. The molecule has 0 heterocycles. The predicted molar refractivity (Wildman–Crippen MR) is 57.0 cm³/mol. The fourth-order valence-corrected chi connectivity index (χ4v) is 0.884. The molecular formula is C8H9ClN2O4. The highest BCUT2D eigenvalue weighted by Crippen LogP contribution is 2.13. The van der Waals surface area contributed by atoms with Gasteiger partial charge < -0.3 is 10.2 Å². The fourth-order valence-electron chi connectivity index (χ4n) is 0.884. The SMILES string of the molecule is Cl.O=C(O)Nc1ccc(NC(=O)O)cc1.